The second-order valence-corrected chi connectivity index (χ2v) is 5.50. The first-order chi connectivity index (χ1) is 9.58. The molecule has 1 aliphatic rings. The lowest BCUT2D eigenvalue weighted by atomic mass is 10.1. The van der Waals surface area contributed by atoms with Gasteiger partial charge in [0.1, 0.15) is 0 Å². The van der Waals surface area contributed by atoms with Crippen LogP contribution in [0.2, 0.25) is 5.02 Å². The van der Waals surface area contributed by atoms with Gasteiger partial charge < -0.3 is 10.6 Å². The molecule has 1 aliphatic heterocycles. The van der Waals surface area contributed by atoms with Crippen LogP contribution in [0.3, 0.4) is 0 Å². The largest absolute Gasteiger partial charge is 0.399 e. The highest BCUT2D eigenvalue weighted by atomic mass is 35.5. The fraction of sp³-hybridized carbons (Fsp3) is 0.188. The van der Waals surface area contributed by atoms with E-state index in [1.54, 1.807) is 17.0 Å². The summed E-state index contributed by atoms with van der Waals surface area (Å²) in [7, 11) is 0. The summed E-state index contributed by atoms with van der Waals surface area (Å²) in [6, 6.07) is 12.9. The summed E-state index contributed by atoms with van der Waals surface area (Å²) in [5.74, 6) is -0.0633. The van der Waals surface area contributed by atoms with E-state index in [9.17, 15) is 4.79 Å². The van der Waals surface area contributed by atoms with Crippen molar-refractivity contribution in [2.45, 2.75) is 19.4 Å². The van der Waals surface area contributed by atoms with E-state index in [0.29, 0.717) is 10.6 Å². The molecule has 1 heterocycles. The van der Waals surface area contributed by atoms with Crippen molar-refractivity contribution in [3.05, 3.63) is 58.6 Å². The van der Waals surface area contributed by atoms with Crippen molar-refractivity contribution in [3.63, 3.8) is 0 Å². The molecule has 0 aliphatic carbocycles. The third kappa shape index (κ3) is 2.04. The Hall–Kier alpha value is -2.00. The number of nitrogens with two attached hydrogens (primary N) is 1. The topological polar surface area (TPSA) is 46.3 Å². The predicted molar refractivity (Wildman–Crippen MR) is 82.3 cm³/mol. The molecule has 1 unspecified atom stereocenters. The van der Waals surface area contributed by atoms with Gasteiger partial charge in [0.2, 0.25) is 0 Å². The molecule has 0 spiro atoms. The molecule has 2 aromatic carbocycles. The molecule has 0 bridgehead atoms. The summed E-state index contributed by atoms with van der Waals surface area (Å²) < 4.78 is 0. The fourth-order valence-electron chi connectivity index (χ4n) is 2.72. The van der Waals surface area contributed by atoms with Gasteiger partial charge in [0.15, 0.2) is 0 Å². The number of carbonyl (C=O) groups excluding carboxylic acids is 1. The van der Waals surface area contributed by atoms with E-state index in [1.165, 1.54) is 0 Å². The van der Waals surface area contributed by atoms with Gasteiger partial charge in [0.25, 0.3) is 5.91 Å². The highest BCUT2D eigenvalue weighted by Crippen LogP contribution is 2.35. The van der Waals surface area contributed by atoms with Gasteiger partial charge in [-0.25, -0.2) is 0 Å². The molecule has 1 amide bonds. The van der Waals surface area contributed by atoms with Crippen LogP contribution in [0.1, 0.15) is 22.8 Å². The van der Waals surface area contributed by atoms with E-state index in [0.717, 1.165) is 23.4 Å². The average molecular weight is 287 g/mol. The quantitative estimate of drug-likeness (QED) is 0.816. The number of carbonyl (C=O) groups is 1. The molecule has 0 fully saturated rings. The van der Waals surface area contributed by atoms with Crippen LogP contribution in [0, 0.1) is 0 Å². The summed E-state index contributed by atoms with van der Waals surface area (Å²) in [5.41, 5.74) is 9.10. The van der Waals surface area contributed by atoms with Gasteiger partial charge in [-0.1, -0.05) is 23.7 Å². The molecule has 102 valence electrons. The number of hydrogen-bond acceptors (Lipinski definition) is 2. The summed E-state index contributed by atoms with van der Waals surface area (Å²) >= 11 is 6.13. The van der Waals surface area contributed by atoms with Crippen molar-refractivity contribution in [2.24, 2.45) is 0 Å². The highest BCUT2D eigenvalue weighted by Gasteiger charge is 2.32. The van der Waals surface area contributed by atoms with Crippen LogP contribution in [-0.2, 0) is 6.42 Å². The molecule has 2 aromatic rings. The Balaban J connectivity index is 2.04. The third-order valence-corrected chi connectivity index (χ3v) is 3.97. The maximum absolute atomic E-state index is 12.7. The highest BCUT2D eigenvalue weighted by molar-refractivity contribution is 6.34. The van der Waals surface area contributed by atoms with Crippen molar-refractivity contribution in [3.8, 4) is 0 Å². The zero-order valence-corrected chi connectivity index (χ0v) is 11.9. The van der Waals surface area contributed by atoms with E-state index in [-0.39, 0.29) is 11.9 Å². The van der Waals surface area contributed by atoms with Gasteiger partial charge in [0.05, 0.1) is 10.6 Å². The molecular formula is C16H15ClN2O. The first-order valence-corrected chi connectivity index (χ1v) is 6.92. The fourth-order valence-corrected chi connectivity index (χ4v) is 2.94. The first-order valence-electron chi connectivity index (χ1n) is 6.54. The molecule has 1 atom stereocenters. The monoisotopic (exact) mass is 286 g/mol. The molecule has 20 heavy (non-hydrogen) atoms. The molecule has 3 rings (SSSR count). The number of benzene rings is 2. The van der Waals surface area contributed by atoms with Gasteiger partial charge in [-0.3, -0.25) is 4.79 Å². The van der Waals surface area contributed by atoms with Gasteiger partial charge >= 0.3 is 0 Å². The molecule has 3 nitrogen and oxygen atoms in total. The Labute approximate surface area is 123 Å². The first kappa shape index (κ1) is 13.0. The van der Waals surface area contributed by atoms with E-state index < -0.39 is 0 Å². The van der Waals surface area contributed by atoms with Crippen molar-refractivity contribution in [2.75, 3.05) is 10.6 Å². The van der Waals surface area contributed by atoms with Crippen molar-refractivity contribution in [1.29, 1.82) is 0 Å². The van der Waals surface area contributed by atoms with Crippen LogP contribution < -0.4 is 10.6 Å². The Morgan fingerprint density at radius 2 is 2.05 bits per heavy atom. The van der Waals surface area contributed by atoms with E-state index >= 15 is 0 Å². The van der Waals surface area contributed by atoms with Gasteiger partial charge in [0, 0.05) is 17.4 Å². The van der Waals surface area contributed by atoms with E-state index in [4.69, 9.17) is 17.3 Å². The third-order valence-electron chi connectivity index (χ3n) is 3.64. The van der Waals surface area contributed by atoms with Crippen LogP contribution in [0.4, 0.5) is 11.4 Å². The molecule has 4 heteroatoms. The smallest absolute Gasteiger partial charge is 0.260 e. The molecule has 0 radical (unpaired) electrons. The molecule has 2 N–H and O–H groups in total. The lowest BCUT2D eigenvalue weighted by Gasteiger charge is -2.23. The number of amides is 1. The lowest BCUT2D eigenvalue weighted by molar-refractivity contribution is 0.0981. The SMILES string of the molecule is CC1Cc2cc(N)ccc2N1C(=O)c1ccccc1Cl. The van der Waals surface area contributed by atoms with E-state index in [1.807, 2.05) is 37.3 Å². The van der Waals surface area contributed by atoms with Crippen LogP contribution in [0.25, 0.3) is 0 Å². The molecule has 0 saturated carbocycles. The van der Waals surface area contributed by atoms with Crippen LogP contribution in [0.5, 0.6) is 0 Å². The normalized spacial score (nSPS) is 17.1. The van der Waals surface area contributed by atoms with Crippen LogP contribution >= 0.6 is 11.6 Å². The molecule has 0 saturated heterocycles. The summed E-state index contributed by atoms with van der Waals surface area (Å²) in [6.07, 6.45) is 0.816. The maximum Gasteiger partial charge on any atom is 0.260 e. The number of nitrogen functional groups attached to an aromatic ring is 1. The van der Waals surface area contributed by atoms with Crippen molar-refractivity contribution < 1.29 is 4.79 Å². The standard InChI is InChI=1S/C16H15ClN2O/c1-10-8-11-9-12(18)6-7-15(11)19(10)16(20)13-4-2-3-5-14(13)17/h2-7,9-10H,8,18H2,1H3. The predicted octanol–water partition coefficient (Wildman–Crippen LogP) is 3.51. The minimum Gasteiger partial charge on any atom is -0.399 e. The summed E-state index contributed by atoms with van der Waals surface area (Å²) in [4.78, 5) is 14.5. The summed E-state index contributed by atoms with van der Waals surface area (Å²) in [5, 5.41) is 0.480. The Morgan fingerprint density at radius 1 is 1.30 bits per heavy atom. The number of hydrogen-bond donors (Lipinski definition) is 1. The number of nitrogens with zero attached hydrogens (tertiary/aromatic N) is 1. The minimum atomic E-state index is -0.0633. The van der Waals surface area contributed by atoms with Gasteiger partial charge in [-0.15, -0.1) is 0 Å². The van der Waals surface area contributed by atoms with Crippen LogP contribution in [0.15, 0.2) is 42.5 Å². The summed E-state index contributed by atoms with van der Waals surface area (Å²) in [6.45, 7) is 2.03. The van der Waals surface area contributed by atoms with E-state index in [2.05, 4.69) is 0 Å². The van der Waals surface area contributed by atoms with Crippen molar-refractivity contribution >= 4 is 28.9 Å². The number of fused-ring (bicyclic) bond motifs is 1. The zero-order valence-electron chi connectivity index (χ0n) is 11.1. The molecular weight excluding hydrogens is 272 g/mol. The maximum atomic E-state index is 12.7. The van der Waals surface area contributed by atoms with Gasteiger partial charge in [-0.05, 0) is 49.2 Å². The number of anilines is 2. The van der Waals surface area contributed by atoms with Gasteiger partial charge in [-0.2, -0.15) is 0 Å². The Bertz CT molecular complexity index is 684. The second-order valence-electron chi connectivity index (χ2n) is 5.10. The minimum absolute atomic E-state index is 0.0633. The Kier molecular flexibility index (Phi) is 3.14. The van der Waals surface area contributed by atoms with Crippen molar-refractivity contribution in [1.82, 2.24) is 0 Å². The average Bonchev–Trinajstić information content (AvgIpc) is 2.73. The zero-order chi connectivity index (χ0) is 14.3. The van der Waals surface area contributed by atoms with Crippen LogP contribution in [-0.4, -0.2) is 11.9 Å². The number of rotatable bonds is 1. The molecule has 0 aromatic heterocycles. The Morgan fingerprint density at radius 3 is 2.80 bits per heavy atom. The second kappa shape index (κ2) is 4.84. The lowest BCUT2D eigenvalue weighted by Crippen LogP contribution is -2.35. The number of halogens is 1.